The van der Waals surface area contributed by atoms with Crippen molar-refractivity contribution in [2.24, 2.45) is 0 Å². The summed E-state index contributed by atoms with van der Waals surface area (Å²) in [6.07, 6.45) is 0. The van der Waals surface area contributed by atoms with Crippen molar-refractivity contribution in [1.29, 1.82) is 0 Å². The standard InChI is InChI=1S/C18H18OS/c1-15-6-4-7-16(12-15)13-20-14-18-9-3-2-8-17(18)10-5-11-19/h2-4,6-9,12,19H,11,13-14H2,1H3. The Balaban J connectivity index is 1.97. The number of thioether (sulfide) groups is 1. The van der Waals surface area contributed by atoms with E-state index in [9.17, 15) is 0 Å². The number of hydrogen-bond acceptors (Lipinski definition) is 2. The van der Waals surface area contributed by atoms with E-state index in [1.807, 2.05) is 30.0 Å². The molecule has 0 saturated heterocycles. The first kappa shape index (κ1) is 14.7. The van der Waals surface area contributed by atoms with E-state index in [0.717, 1.165) is 17.1 Å². The molecule has 0 amide bonds. The lowest BCUT2D eigenvalue weighted by Gasteiger charge is -2.05. The molecule has 1 N–H and O–H groups in total. The summed E-state index contributed by atoms with van der Waals surface area (Å²) in [5.74, 6) is 7.66. The summed E-state index contributed by atoms with van der Waals surface area (Å²) in [5.41, 5.74) is 4.90. The van der Waals surface area contributed by atoms with Crippen molar-refractivity contribution in [2.45, 2.75) is 18.4 Å². The van der Waals surface area contributed by atoms with Gasteiger partial charge in [-0.3, -0.25) is 0 Å². The molecule has 2 aromatic rings. The molecule has 102 valence electrons. The minimum absolute atomic E-state index is 0.0925. The van der Waals surface area contributed by atoms with Gasteiger partial charge in [0.15, 0.2) is 0 Å². The van der Waals surface area contributed by atoms with E-state index in [1.54, 1.807) is 0 Å². The van der Waals surface area contributed by atoms with Crippen molar-refractivity contribution < 1.29 is 5.11 Å². The zero-order valence-corrected chi connectivity index (χ0v) is 12.4. The maximum Gasteiger partial charge on any atom is 0.104 e. The molecule has 0 aromatic heterocycles. The average molecular weight is 282 g/mol. The summed E-state index contributed by atoms with van der Waals surface area (Å²) < 4.78 is 0. The van der Waals surface area contributed by atoms with Gasteiger partial charge in [0.25, 0.3) is 0 Å². The zero-order valence-electron chi connectivity index (χ0n) is 11.6. The quantitative estimate of drug-likeness (QED) is 0.861. The molecular weight excluding hydrogens is 264 g/mol. The third-order valence-corrected chi connectivity index (χ3v) is 3.98. The van der Waals surface area contributed by atoms with Crippen LogP contribution in [0.5, 0.6) is 0 Å². The van der Waals surface area contributed by atoms with Gasteiger partial charge in [-0.1, -0.05) is 59.9 Å². The molecule has 0 aliphatic carbocycles. The van der Waals surface area contributed by atoms with Gasteiger partial charge in [0, 0.05) is 17.1 Å². The Kier molecular flexibility index (Phi) is 5.73. The molecule has 0 bridgehead atoms. The summed E-state index contributed by atoms with van der Waals surface area (Å²) in [5, 5.41) is 8.79. The molecule has 2 aromatic carbocycles. The fourth-order valence-electron chi connectivity index (χ4n) is 1.98. The molecule has 1 nitrogen and oxygen atoms in total. The molecule has 0 radical (unpaired) electrons. The second-order valence-corrected chi connectivity index (χ2v) is 5.58. The van der Waals surface area contributed by atoms with Gasteiger partial charge in [-0.25, -0.2) is 0 Å². The average Bonchev–Trinajstić information content (AvgIpc) is 2.46. The van der Waals surface area contributed by atoms with Crippen LogP contribution in [0.3, 0.4) is 0 Å². The number of aryl methyl sites for hydroxylation is 1. The molecule has 0 atom stereocenters. The van der Waals surface area contributed by atoms with Crippen LogP contribution in [0, 0.1) is 18.8 Å². The van der Waals surface area contributed by atoms with Crippen LogP contribution in [0.2, 0.25) is 0 Å². The Morgan fingerprint density at radius 1 is 1.05 bits per heavy atom. The van der Waals surface area contributed by atoms with Crippen molar-refractivity contribution in [2.75, 3.05) is 6.61 Å². The van der Waals surface area contributed by atoms with Gasteiger partial charge in [0.05, 0.1) is 0 Å². The number of aliphatic hydroxyl groups is 1. The van der Waals surface area contributed by atoms with Crippen molar-refractivity contribution in [3.8, 4) is 11.8 Å². The van der Waals surface area contributed by atoms with Crippen LogP contribution in [-0.4, -0.2) is 11.7 Å². The first-order chi connectivity index (χ1) is 9.79. The molecule has 20 heavy (non-hydrogen) atoms. The van der Waals surface area contributed by atoms with Crippen molar-refractivity contribution in [1.82, 2.24) is 0 Å². The van der Waals surface area contributed by atoms with E-state index in [0.29, 0.717) is 0 Å². The van der Waals surface area contributed by atoms with Crippen LogP contribution in [0.4, 0.5) is 0 Å². The van der Waals surface area contributed by atoms with Crippen molar-refractivity contribution in [3.05, 3.63) is 70.8 Å². The minimum atomic E-state index is -0.0925. The predicted octanol–water partition coefficient (Wildman–Crippen LogP) is 3.77. The third-order valence-electron chi connectivity index (χ3n) is 2.93. The monoisotopic (exact) mass is 282 g/mol. The van der Waals surface area contributed by atoms with Gasteiger partial charge >= 0.3 is 0 Å². The van der Waals surface area contributed by atoms with Gasteiger partial charge in [0.1, 0.15) is 6.61 Å². The first-order valence-corrected chi connectivity index (χ1v) is 7.76. The Labute approximate surface area is 125 Å². The fraction of sp³-hybridized carbons (Fsp3) is 0.222. The van der Waals surface area contributed by atoms with Crippen LogP contribution < -0.4 is 0 Å². The highest BCUT2D eigenvalue weighted by atomic mass is 32.2. The topological polar surface area (TPSA) is 20.2 Å². The van der Waals surface area contributed by atoms with E-state index in [2.05, 4.69) is 49.1 Å². The minimum Gasteiger partial charge on any atom is -0.384 e. The largest absolute Gasteiger partial charge is 0.384 e. The number of rotatable bonds is 4. The highest BCUT2D eigenvalue weighted by molar-refractivity contribution is 7.97. The lowest BCUT2D eigenvalue weighted by molar-refractivity contribution is 0.350. The summed E-state index contributed by atoms with van der Waals surface area (Å²) in [7, 11) is 0. The molecule has 0 heterocycles. The first-order valence-electron chi connectivity index (χ1n) is 6.60. The van der Waals surface area contributed by atoms with Crippen molar-refractivity contribution in [3.63, 3.8) is 0 Å². The van der Waals surface area contributed by atoms with Gasteiger partial charge < -0.3 is 5.11 Å². The fourth-order valence-corrected chi connectivity index (χ4v) is 2.97. The Morgan fingerprint density at radius 3 is 2.70 bits per heavy atom. The highest BCUT2D eigenvalue weighted by Gasteiger charge is 2.00. The van der Waals surface area contributed by atoms with Crippen LogP contribution >= 0.6 is 11.8 Å². The summed E-state index contributed by atoms with van der Waals surface area (Å²) in [4.78, 5) is 0. The molecule has 2 heteroatoms. The SMILES string of the molecule is Cc1cccc(CSCc2ccccc2C#CCO)c1. The number of hydrogen-bond donors (Lipinski definition) is 1. The molecule has 0 aliphatic rings. The Morgan fingerprint density at radius 2 is 1.90 bits per heavy atom. The number of aliphatic hydroxyl groups excluding tert-OH is 1. The maximum absolute atomic E-state index is 8.79. The molecule has 0 aliphatic heterocycles. The lowest BCUT2D eigenvalue weighted by atomic mass is 10.1. The predicted molar refractivity (Wildman–Crippen MR) is 86.6 cm³/mol. The second kappa shape index (κ2) is 7.79. The molecule has 0 unspecified atom stereocenters. The molecule has 0 spiro atoms. The van der Waals surface area contributed by atoms with Crippen LogP contribution in [-0.2, 0) is 11.5 Å². The molecule has 2 rings (SSSR count). The van der Waals surface area contributed by atoms with Crippen LogP contribution in [0.25, 0.3) is 0 Å². The number of benzene rings is 2. The van der Waals surface area contributed by atoms with Crippen molar-refractivity contribution >= 4 is 11.8 Å². The second-order valence-electron chi connectivity index (χ2n) is 4.60. The lowest BCUT2D eigenvalue weighted by Crippen LogP contribution is -1.89. The zero-order chi connectivity index (χ0) is 14.2. The normalized spacial score (nSPS) is 9.90. The van der Waals surface area contributed by atoms with Gasteiger partial charge in [0.2, 0.25) is 0 Å². The van der Waals surface area contributed by atoms with Crippen LogP contribution in [0.1, 0.15) is 22.3 Å². The molecule has 0 saturated carbocycles. The van der Waals surface area contributed by atoms with E-state index in [-0.39, 0.29) is 6.61 Å². The van der Waals surface area contributed by atoms with E-state index in [1.165, 1.54) is 16.7 Å². The van der Waals surface area contributed by atoms with Gasteiger partial charge in [-0.15, -0.1) is 0 Å². The van der Waals surface area contributed by atoms with E-state index < -0.39 is 0 Å². The molecule has 0 fully saturated rings. The Bertz CT molecular complexity index is 623. The molecular formula is C18H18OS. The Hall–Kier alpha value is -1.69. The van der Waals surface area contributed by atoms with Crippen LogP contribution in [0.15, 0.2) is 48.5 Å². The smallest absolute Gasteiger partial charge is 0.104 e. The summed E-state index contributed by atoms with van der Waals surface area (Å²) in [6, 6.07) is 16.7. The van der Waals surface area contributed by atoms with Gasteiger partial charge in [-0.2, -0.15) is 11.8 Å². The summed E-state index contributed by atoms with van der Waals surface area (Å²) >= 11 is 1.89. The highest BCUT2D eigenvalue weighted by Crippen LogP contribution is 2.20. The van der Waals surface area contributed by atoms with E-state index in [4.69, 9.17) is 5.11 Å². The summed E-state index contributed by atoms with van der Waals surface area (Å²) in [6.45, 7) is 2.03. The third kappa shape index (κ3) is 4.45. The van der Waals surface area contributed by atoms with E-state index >= 15 is 0 Å². The maximum atomic E-state index is 8.79. The van der Waals surface area contributed by atoms with Gasteiger partial charge in [-0.05, 0) is 24.1 Å².